The van der Waals surface area contributed by atoms with Gasteiger partial charge in [0.05, 0.1) is 21.0 Å². The van der Waals surface area contributed by atoms with Gasteiger partial charge in [-0.05, 0) is 35.4 Å². The number of hydrazine groups is 1. The molecule has 34 heavy (non-hydrogen) atoms. The van der Waals surface area contributed by atoms with E-state index < -0.39 is 36.8 Å². The van der Waals surface area contributed by atoms with Crippen molar-refractivity contribution >= 4 is 52.8 Å². The average molecular weight is 549 g/mol. The molecule has 1 unspecified atom stereocenters. The molecule has 0 heterocycles. The molecule has 3 amide bonds. The van der Waals surface area contributed by atoms with Crippen LogP contribution in [-0.2, 0) is 0 Å². The van der Waals surface area contributed by atoms with Crippen LogP contribution in [0.15, 0.2) is 42.5 Å². The van der Waals surface area contributed by atoms with Crippen molar-refractivity contribution in [2.75, 3.05) is 6.54 Å². The number of hydrogen-bond acceptors (Lipinski definition) is 2. The second-order valence-electron chi connectivity index (χ2n) is 6.68. The Labute approximate surface area is 204 Å². The number of rotatable bonds is 5. The molecule has 0 bridgehead atoms. The van der Waals surface area contributed by atoms with E-state index in [0.717, 1.165) is 18.2 Å². The summed E-state index contributed by atoms with van der Waals surface area (Å²) in [5.74, 6) is -2.92. The zero-order valence-electron chi connectivity index (χ0n) is 16.6. The first-order valence-corrected chi connectivity index (χ1v) is 10.2. The molecule has 2 rings (SSSR count). The van der Waals surface area contributed by atoms with Gasteiger partial charge in [-0.25, -0.2) is 10.2 Å². The van der Waals surface area contributed by atoms with Gasteiger partial charge < -0.3 is 5.32 Å². The number of amides is 3. The summed E-state index contributed by atoms with van der Waals surface area (Å²) in [5, 5.41) is 1.14. The fourth-order valence-electron chi connectivity index (χ4n) is 2.53. The Morgan fingerprint density at radius 2 is 1.47 bits per heavy atom. The van der Waals surface area contributed by atoms with Crippen LogP contribution in [0.1, 0.15) is 27.4 Å². The van der Waals surface area contributed by atoms with Crippen LogP contribution in [0, 0.1) is 0 Å². The summed E-state index contributed by atoms with van der Waals surface area (Å²) in [6.45, 7) is -1.59. The van der Waals surface area contributed by atoms with Gasteiger partial charge in [-0.1, -0.05) is 59.1 Å². The fraction of sp³-hybridized carbons (Fsp3) is 0.200. The van der Waals surface area contributed by atoms with Crippen molar-refractivity contribution in [2.24, 2.45) is 0 Å². The van der Waals surface area contributed by atoms with Gasteiger partial charge in [-0.2, -0.15) is 26.3 Å². The van der Waals surface area contributed by atoms with Crippen molar-refractivity contribution in [1.29, 1.82) is 0 Å². The Morgan fingerprint density at radius 3 is 1.97 bits per heavy atom. The van der Waals surface area contributed by atoms with Crippen molar-refractivity contribution in [3.8, 4) is 0 Å². The number of halogens is 9. The predicted molar refractivity (Wildman–Crippen MR) is 116 cm³/mol. The summed E-state index contributed by atoms with van der Waals surface area (Å²) in [7, 11) is 0. The minimum atomic E-state index is -4.67. The Bertz CT molecular complexity index is 1050. The van der Waals surface area contributed by atoms with Gasteiger partial charge in [0.1, 0.15) is 6.54 Å². The van der Waals surface area contributed by atoms with Crippen LogP contribution in [0.2, 0.25) is 15.1 Å². The third-order valence-corrected chi connectivity index (χ3v) is 5.31. The second-order valence-corrected chi connectivity index (χ2v) is 7.87. The number of alkyl halides is 6. The number of urea groups is 1. The predicted octanol–water partition coefficient (Wildman–Crippen LogP) is 6.51. The highest BCUT2D eigenvalue weighted by molar-refractivity contribution is 6.48. The number of allylic oxidation sites excluding steroid dienone is 1. The van der Waals surface area contributed by atoms with Gasteiger partial charge >= 0.3 is 18.4 Å². The zero-order valence-corrected chi connectivity index (χ0v) is 18.9. The molecule has 0 fully saturated rings. The molecule has 0 aliphatic carbocycles. The lowest BCUT2D eigenvalue weighted by atomic mass is 9.97. The maximum Gasteiger partial charge on any atom is 0.405 e. The molecular weight excluding hydrogens is 535 g/mol. The third-order valence-electron chi connectivity index (χ3n) is 4.11. The van der Waals surface area contributed by atoms with Crippen LogP contribution in [-0.4, -0.2) is 30.8 Å². The molecule has 184 valence electrons. The second kappa shape index (κ2) is 11.2. The number of hydrogen-bond donors (Lipinski definition) is 3. The summed E-state index contributed by atoms with van der Waals surface area (Å²) in [6, 6.07) is 5.96. The lowest BCUT2D eigenvalue weighted by Crippen LogP contribution is -2.48. The van der Waals surface area contributed by atoms with Crippen molar-refractivity contribution in [3.05, 3.63) is 74.2 Å². The Hall–Kier alpha value is -2.63. The standard InChI is InChI=1S/C20H14Cl3F6N3O2/c21-14-7-12(8-15(22)16(14)23)13(20(27,28)29)6-3-10-1-4-11(5-2-10)17(33)31-32-18(34)30-9-19(24,25)26/h1-8,13H,9H2,(H,31,33)(H2,30,32,34)/b6-3+. The maximum atomic E-state index is 13.6. The van der Waals surface area contributed by atoms with Crippen LogP contribution in [0.5, 0.6) is 0 Å². The van der Waals surface area contributed by atoms with Gasteiger partial charge in [-0.15, -0.1) is 0 Å². The van der Waals surface area contributed by atoms with E-state index in [1.807, 2.05) is 5.43 Å². The molecule has 0 aliphatic rings. The van der Waals surface area contributed by atoms with E-state index in [4.69, 9.17) is 34.8 Å². The molecule has 0 saturated carbocycles. The van der Waals surface area contributed by atoms with Gasteiger partial charge in [0.25, 0.3) is 5.91 Å². The van der Waals surface area contributed by atoms with E-state index in [-0.39, 0.29) is 26.2 Å². The minimum Gasteiger partial charge on any atom is -0.328 e. The number of carbonyl (C=O) groups excluding carboxylic acids is 2. The van der Waals surface area contributed by atoms with E-state index in [0.29, 0.717) is 5.56 Å². The van der Waals surface area contributed by atoms with Gasteiger partial charge in [0.2, 0.25) is 0 Å². The number of nitrogens with one attached hydrogen (secondary N) is 3. The fourth-order valence-corrected chi connectivity index (χ4v) is 3.14. The van der Waals surface area contributed by atoms with E-state index >= 15 is 0 Å². The monoisotopic (exact) mass is 547 g/mol. The van der Waals surface area contributed by atoms with Gasteiger partial charge in [-0.3, -0.25) is 10.2 Å². The van der Waals surface area contributed by atoms with Gasteiger partial charge in [0.15, 0.2) is 0 Å². The molecule has 3 N–H and O–H groups in total. The van der Waals surface area contributed by atoms with Crippen LogP contribution in [0.3, 0.4) is 0 Å². The van der Waals surface area contributed by atoms with E-state index in [9.17, 15) is 35.9 Å². The van der Waals surface area contributed by atoms with Crippen LogP contribution in [0.4, 0.5) is 31.1 Å². The molecular formula is C20H14Cl3F6N3O2. The summed E-state index contributed by atoms with van der Waals surface area (Å²) < 4.78 is 76.8. The average Bonchev–Trinajstić information content (AvgIpc) is 2.73. The van der Waals surface area contributed by atoms with E-state index in [1.54, 1.807) is 5.43 Å². The highest BCUT2D eigenvalue weighted by atomic mass is 35.5. The number of benzene rings is 2. The molecule has 1 atom stereocenters. The summed E-state index contributed by atoms with van der Waals surface area (Å²) in [5.41, 5.74) is 3.68. The highest BCUT2D eigenvalue weighted by Crippen LogP contribution is 2.41. The molecule has 2 aromatic rings. The lowest BCUT2D eigenvalue weighted by Gasteiger charge is -2.18. The number of carbonyl (C=O) groups is 2. The first-order chi connectivity index (χ1) is 15.7. The Kier molecular flexibility index (Phi) is 9.09. The molecule has 2 aromatic carbocycles. The first kappa shape index (κ1) is 27.6. The minimum absolute atomic E-state index is 0.0168. The Balaban J connectivity index is 2.07. The summed E-state index contributed by atoms with van der Waals surface area (Å²) in [6.07, 6.45) is -7.26. The van der Waals surface area contributed by atoms with Crippen molar-refractivity contribution in [2.45, 2.75) is 18.3 Å². The molecule has 0 spiro atoms. The lowest BCUT2D eigenvalue weighted by molar-refractivity contribution is -0.139. The first-order valence-electron chi connectivity index (χ1n) is 9.07. The molecule has 0 aromatic heterocycles. The van der Waals surface area contributed by atoms with E-state index in [2.05, 4.69) is 0 Å². The SMILES string of the molecule is O=C(NCC(F)(F)F)NNC(=O)c1ccc(/C=C/C(c2cc(Cl)c(Cl)c(Cl)c2)C(F)(F)F)cc1. The smallest absolute Gasteiger partial charge is 0.328 e. The van der Waals surface area contributed by atoms with Crippen LogP contribution in [0.25, 0.3) is 6.08 Å². The topological polar surface area (TPSA) is 70.2 Å². The molecule has 14 heteroatoms. The summed E-state index contributed by atoms with van der Waals surface area (Å²) >= 11 is 17.5. The summed E-state index contributed by atoms with van der Waals surface area (Å²) in [4.78, 5) is 23.2. The van der Waals surface area contributed by atoms with Gasteiger partial charge in [0, 0.05) is 5.56 Å². The maximum absolute atomic E-state index is 13.6. The van der Waals surface area contributed by atoms with E-state index in [1.165, 1.54) is 35.7 Å². The Morgan fingerprint density at radius 1 is 0.912 bits per heavy atom. The molecule has 0 saturated heterocycles. The van der Waals surface area contributed by atoms with Crippen molar-refractivity contribution < 1.29 is 35.9 Å². The van der Waals surface area contributed by atoms with Crippen LogP contribution >= 0.6 is 34.8 Å². The quantitative estimate of drug-likeness (QED) is 0.226. The van der Waals surface area contributed by atoms with Crippen molar-refractivity contribution in [1.82, 2.24) is 16.2 Å². The molecule has 5 nitrogen and oxygen atoms in total. The molecule has 0 radical (unpaired) electrons. The molecule has 0 aliphatic heterocycles. The third kappa shape index (κ3) is 8.30. The largest absolute Gasteiger partial charge is 0.405 e. The highest BCUT2D eigenvalue weighted by Gasteiger charge is 2.39. The van der Waals surface area contributed by atoms with Crippen LogP contribution < -0.4 is 16.2 Å². The zero-order chi connectivity index (χ0) is 25.7. The normalized spacial score (nSPS) is 13.0. The van der Waals surface area contributed by atoms with Crippen molar-refractivity contribution in [3.63, 3.8) is 0 Å².